The highest BCUT2D eigenvalue weighted by Crippen LogP contribution is 2.15. The number of sulfonamides is 1. The molecule has 1 aromatic carbocycles. The number of hydrogen-bond acceptors (Lipinski definition) is 3. The zero-order valence-corrected chi connectivity index (χ0v) is 12.6. The lowest BCUT2D eigenvalue weighted by Crippen LogP contribution is -2.36. The van der Waals surface area contributed by atoms with E-state index in [9.17, 15) is 13.2 Å². The minimum atomic E-state index is -3.55. The zero-order chi connectivity index (χ0) is 14.8. The Morgan fingerprint density at radius 1 is 1.30 bits per heavy atom. The predicted octanol–water partition coefficient (Wildman–Crippen LogP) is 1.15. The van der Waals surface area contributed by atoms with Crippen LogP contribution in [0.4, 0.5) is 0 Å². The maximum Gasteiger partial charge on any atom is 0.240 e. The molecular formula is C14H20N2O3S. The van der Waals surface area contributed by atoms with E-state index >= 15 is 0 Å². The van der Waals surface area contributed by atoms with Gasteiger partial charge in [-0.05, 0) is 24.1 Å². The molecule has 6 heteroatoms. The number of likely N-dealkylation sites (tertiary alicyclic amines) is 1. The first-order valence-corrected chi connectivity index (χ1v) is 8.26. The summed E-state index contributed by atoms with van der Waals surface area (Å²) < 4.78 is 27.1. The molecular weight excluding hydrogens is 276 g/mol. The summed E-state index contributed by atoms with van der Waals surface area (Å²) in [5, 5.41) is 0. The van der Waals surface area contributed by atoms with E-state index in [4.69, 9.17) is 0 Å². The monoisotopic (exact) mass is 296 g/mol. The largest absolute Gasteiger partial charge is 0.344 e. The molecule has 0 radical (unpaired) electrons. The number of carbonyl (C=O) groups excluding carboxylic acids is 1. The molecule has 1 heterocycles. The predicted molar refractivity (Wildman–Crippen MR) is 76.8 cm³/mol. The number of likely N-dealkylation sites (N-methyl/N-ethyl adjacent to an activating group) is 1. The Morgan fingerprint density at radius 2 is 1.95 bits per heavy atom. The number of amides is 1. The minimum absolute atomic E-state index is 0.0315. The third kappa shape index (κ3) is 3.37. The second-order valence-electron chi connectivity index (χ2n) is 5.19. The molecule has 0 aliphatic carbocycles. The molecule has 1 fully saturated rings. The van der Waals surface area contributed by atoms with Gasteiger partial charge in [0.25, 0.3) is 0 Å². The molecule has 1 aliphatic rings. The Labute approximate surface area is 120 Å². The van der Waals surface area contributed by atoms with Gasteiger partial charge >= 0.3 is 0 Å². The molecule has 1 atom stereocenters. The summed E-state index contributed by atoms with van der Waals surface area (Å²) in [7, 11) is -1.87. The van der Waals surface area contributed by atoms with Crippen LogP contribution in [0.3, 0.4) is 0 Å². The first kappa shape index (κ1) is 15.0. The molecule has 5 nitrogen and oxygen atoms in total. The van der Waals surface area contributed by atoms with Crippen molar-refractivity contribution in [1.29, 1.82) is 0 Å². The summed E-state index contributed by atoms with van der Waals surface area (Å²) >= 11 is 0. The van der Waals surface area contributed by atoms with Gasteiger partial charge in [-0.1, -0.05) is 25.5 Å². The summed E-state index contributed by atoms with van der Waals surface area (Å²) in [6.07, 6.45) is 2.19. The third-order valence-corrected chi connectivity index (χ3v) is 4.97. The van der Waals surface area contributed by atoms with Crippen molar-refractivity contribution in [2.24, 2.45) is 0 Å². The van der Waals surface area contributed by atoms with E-state index in [0.717, 1.165) is 18.4 Å². The lowest BCUT2D eigenvalue weighted by atomic mass is 10.1. The van der Waals surface area contributed by atoms with E-state index < -0.39 is 10.0 Å². The Morgan fingerprint density at radius 3 is 2.45 bits per heavy atom. The number of rotatable bonds is 5. The van der Waals surface area contributed by atoms with Crippen molar-refractivity contribution in [3.8, 4) is 0 Å². The molecule has 1 aliphatic heterocycles. The first-order valence-electron chi connectivity index (χ1n) is 6.77. The van der Waals surface area contributed by atoms with Gasteiger partial charge in [0.1, 0.15) is 0 Å². The summed E-state index contributed by atoms with van der Waals surface area (Å²) in [5.74, 6) is -0.0315. The summed E-state index contributed by atoms with van der Waals surface area (Å²) in [4.78, 5) is 13.2. The van der Waals surface area contributed by atoms with Crippen molar-refractivity contribution in [2.45, 2.75) is 37.1 Å². The Hall–Kier alpha value is -1.40. The van der Waals surface area contributed by atoms with Gasteiger partial charge in [-0.2, -0.15) is 0 Å². The van der Waals surface area contributed by atoms with Crippen molar-refractivity contribution < 1.29 is 13.2 Å². The molecule has 0 unspecified atom stereocenters. The van der Waals surface area contributed by atoms with E-state index in [1.165, 1.54) is 4.90 Å². The van der Waals surface area contributed by atoms with Gasteiger partial charge in [0.15, 0.2) is 0 Å². The number of aryl methyl sites for hydroxylation is 1. The minimum Gasteiger partial charge on any atom is -0.344 e. The van der Waals surface area contributed by atoms with E-state index in [1.54, 1.807) is 19.2 Å². The fourth-order valence-electron chi connectivity index (χ4n) is 2.35. The molecule has 1 saturated heterocycles. The van der Waals surface area contributed by atoms with Crippen LogP contribution in [0.2, 0.25) is 0 Å². The van der Waals surface area contributed by atoms with Gasteiger partial charge < -0.3 is 4.90 Å². The Balaban J connectivity index is 2.08. The normalized spacial score (nSPS) is 19.6. The van der Waals surface area contributed by atoms with Gasteiger partial charge in [-0.3, -0.25) is 4.79 Å². The fourth-order valence-corrected chi connectivity index (χ4v) is 3.58. The number of benzene rings is 1. The standard InChI is InChI=1S/C14H20N2O3S/c1-3-4-11-5-7-13(8-6-11)20(18,19)15-12-9-14(17)16(2)10-12/h5-8,12,15H,3-4,9-10H2,1-2H3/t12-/m1/s1. The second-order valence-corrected chi connectivity index (χ2v) is 6.90. The van der Waals surface area contributed by atoms with Crippen molar-refractivity contribution >= 4 is 15.9 Å². The molecule has 0 bridgehead atoms. The Bertz CT molecular complexity index is 581. The highest BCUT2D eigenvalue weighted by atomic mass is 32.2. The molecule has 2 rings (SSSR count). The molecule has 110 valence electrons. The van der Waals surface area contributed by atoms with E-state index in [2.05, 4.69) is 11.6 Å². The Kier molecular flexibility index (Phi) is 4.45. The van der Waals surface area contributed by atoms with Crippen molar-refractivity contribution in [3.05, 3.63) is 29.8 Å². The maximum atomic E-state index is 12.2. The highest BCUT2D eigenvalue weighted by Gasteiger charge is 2.30. The smallest absolute Gasteiger partial charge is 0.240 e. The number of carbonyl (C=O) groups is 1. The molecule has 20 heavy (non-hydrogen) atoms. The molecule has 0 spiro atoms. The number of hydrogen-bond donors (Lipinski definition) is 1. The number of nitrogens with one attached hydrogen (secondary N) is 1. The average molecular weight is 296 g/mol. The summed E-state index contributed by atoms with van der Waals surface area (Å²) in [6.45, 7) is 2.51. The first-order chi connectivity index (χ1) is 9.42. The van der Waals surface area contributed by atoms with Crippen LogP contribution in [0.25, 0.3) is 0 Å². The van der Waals surface area contributed by atoms with Crippen LogP contribution in [0, 0.1) is 0 Å². The lowest BCUT2D eigenvalue weighted by Gasteiger charge is -2.13. The van der Waals surface area contributed by atoms with Crippen LogP contribution in [0.5, 0.6) is 0 Å². The lowest BCUT2D eigenvalue weighted by molar-refractivity contribution is -0.126. The van der Waals surface area contributed by atoms with Crippen LogP contribution in [0.1, 0.15) is 25.3 Å². The SMILES string of the molecule is CCCc1ccc(S(=O)(=O)N[C@@H]2CC(=O)N(C)C2)cc1. The van der Waals surface area contributed by atoms with Crippen LogP contribution >= 0.6 is 0 Å². The van der Waals surface area contributed by atoms with Gasteiger partial charge in [0.05, 0.1) is 4.90 Å². The van der Waals surface area contributed by atoms with Gasteiger partial charge in [0.2, 0.25) is 15.9 Å². The van der Waals surface area contributed by atoms with Gasteiger partial charge in [-0.15, -0.1) is 0 Å². The van der Waals surface area contributed by atoms with Crippen molar-refractivity contribution in [1.82, 2.24) is 9.62 Å². The maximum absolute atomic E-state index is 12.2. The van der Waals surface area contributed by atoms with Crippen LogP contribution < -0.4 is 4.72 Å². The van der Waals surface area contributed by atoms with Crippen LogP contribution in [0.15, 0.2) is 29.2 Å². The van der Waals surface area contributed by atoms with E-state index in [-0.39, 0.29) is 23.3 Å². The summed E-state index contributed by atoms with van der Waals surface area (Å²) in [6, 6.07) is 6.57. The van der Waals surface area contributed by atoms with Crippen LogP contribution in [-0.4, -0.2) is 38.9 Å². The van der Waals surface area contributed by atoms with Crippen molar-refractivity contribution in [2.75, 3.05) is 13.6 Å². The quantitative estimate of drug-likeness (QED) is 0.886. The average Bonchev–Trinajstić information content (AvgIpc) is 2.68. The molecule has 1 N–H and O–H groups in total. The van der Waals surface area contributed by atoms with E-state index in [1.807, 2.05) is 12.1 Å². The third-order valence-electron chi connectivity index (χ3n) is 3.44. The van der Waals surface area contributed by atoms with Gasteiger partial charge in [-0.25, -0.2) is 13.1 Å². The molecule has 1 aromatic rings. The van der Waals surface area contributed by atoms with Gasteiger partial charge in [0, 0.05) is 26.1 Å². The molecule has 0 aromatic heterocycles. The molecule has 0 saturated carbocycles. The highest BCUT2D eigenvalue weighted by molar-refractivity contribution is 7.89. The zero-order valence-electron chi connectivity index (χ0n) is 11.8. The fraction of sp³-hybridized carbons (Fsp3) is 0.500. The summed E-state index contributed by atoms with van der Waals surface area (Å²) in [5.41, 5.74) is 1.13. The van der Waals surface area contributed by atoms with E-state index in [0.29, 0.717) is 6.54 Å². The topological polar surface area (TPSA) is 66.5 Å². The second kappa shape index (κ2) is 5.93. The molecule has 1 amide bonds. The van der Waals surface area contributed by atoms with Crippen molar-refractivity contribution in [3.63, 3.8) is 0 Å². The van der Waals surface area contributed by atoms with Crippen LogP contribution in [-0.2, 0) is 21.2 Å². The number of nitrogens with zero attached hydrogens (tertiary/aromatic N) is 1.